The molecule has 1 heterocycles. The lowest BCUT2D eigenvalue weighted by Gasteiger charge is -2.14. The first kappa shape index (κ1) is 14.5. The molecule has 0 aliphatic heterocycles. The number of anilines is 1. The van der Waals surface area contributed by atoms with Crippen LogP contribution in [-0.2, 0) is 0 Å². The van der Waals surface area contributed by atoms with Gasteiger partial charge in [-0.1, -0.05) is 13.0 Å². The first-order valence-electron chi connectivity index (χ1n) is 6.73. The number of aromatic nitrogens is 1. The van der Waals surface area contributed by atoms with Crippen molar-refractivity contribution in [1.82, 2.24) is 10.3 Å². The number of rotatable bonds is 6. The van der Waals surface area contributed by atoms with Crippen LogP contribution < -0.4 is 10.6 Å². The average Bonchev–Trinajstić information content (AvgIpc) is 2.99. The minimum Gasteiger partial charge on any atom is -0.377 e. The van der Waals surface area contributed by atoms with Gasteiger partial charge in [0.1, 0.15) is 0 Å². The standard InChI is InChI=1S/C15H19N3OS/c1-3-7-16-15(19)12-5-4-6-13(8-12)18-11(2)14-9-20-10-17-14/h4-6,8-11,18H,3,7H2,1-2H3,(H,16,19). The topological polar surface area (TPSA) is 54.0 Å². The molecule has 0 aliphatic carbocycles. The molecule has 0 saturated heterocycles. The van der Waals surface area contributed by atoms with E-state index in [4.69, 9.17) is 0 Å². The predicted molar refractivity (Wildman–Crippen MR) is 83.2 cm³/mol. The fourth-order valence-electron chi connectivity index (χ4n) is 1.85. The lowest BCUT2D eigenvalue weighted by atomic mass is 10.1. The molecule has 0 aliphatic rings. The van der Waals surface area contributed by atoms with Crippen molar-refractivity contribution in [3.63, 3.8) is 0 Å². The summed E-state index contributed by atoms with van der Waals surface area (Å²) in [5.41, 5.74) is 4.43. The number of thiazole rings is 1. The Morgan fingerprint density at radius 3 is 3.00 bits per heavy atom. The molecule has 0 radical (unpaired) electrons. The molecule has 1 aromatic heterocycles. The highest BCUT2D eigenvalue weighted by Crippen LogP contribution is 2.19. The van der Waals surface area contributed by atoms with Crippen molar-refractivity contribution in [3.8, 4) is 0 Å². The molecule has 0 bridgehead atoms. The number of hydrogen-bond acceptors (Lipinski definition) is 4. The molecule has 5 heteroatoms. The zero-order valence-electron chi connectivity index (χ0n) is 11.7. The highest BCUT2D eigenvalue weighted by molar-refractivity contribution is 7.07. The maximum atomic E-state index is 11.9. The minimum absolute atomic E-state index is 0.0307. The second-order valence-corrected chi connectivity index (χ2v) is 5.33. The SMILES string of the molecule is CCCNC(=O)c1cccc(NC(C)c2cscn2)c1. The molecule has 2 aromatic rings. The van der Waals surface area contributed by atoms with Crippen LogP contribution in [0.5, 0.6) is 0 Å². The van der Waals surface area contributed by atoms with E-state index < -0.39 is 0 Å². The molecule has 0 fully saturated rings. The van der Waals surface area contributed by atoms with Gasteiger partial charge in [0.2, 0.25) is 0 Å². The lowest BCUT2D eigenvalue weighted by Crippen LogP contribution is -2.24. The number of benzene rings is 1. The Balaban J connectivity index is 2.04. The molecular formula is C15H19N3OS. The van der Waals surface area contributed by atoms with Crippen molar-refractivity contribution < 1.29 is 4.79 Å². The van der Waals surface area contributed by atoms with E-state index in [9.17, 15) is 4.79 Å². The van der Waals surface area contributed by atoms with Crippen LogP contribution >= 0.6 is 11.3 Å². The van der Waals surface area contributed by atoms with Gasteiger partial charge in [-0.3, -0.25) is 4.79 Å². The summed E-state index contributed by atoms with van der Waals surface area (Å²) in [6.45, 7) is 4.79. The van der Waals surface area contributed by atoms with Crippen molar-refractivity contribution in [2.24, 2.45) is 0 Å². The van der Waals surface area contributed by atoms with Gasteiger partial charge in [0.25, 0.3) is 5.91 Å². The Morgan fingerprint density at radius 2 is 2.30 bits per heavy atom. The summed E-state index contributed by atoms with van der Waals surface area (Å²) in [6.07, 6.45) is 0.935. The van der Waals surface area contributed by atoms with E-state index in [2.05, 4.69) is 22.5 Å². The van der Waals surface area contributed by atoms with Gasteiger partial charge in [-0.15, -0.1) is 11.3 Å². The Kier molecular flexibility index (Phi) is 5.12. The number of nitrogens with zero attached hydrogens (tertiary/aromatic N) is 1. The summed E-state index contributed by atoms with van der Waals surface area (Å²) in [6, 6.07) is 7.66. The highest BCUT2D eigenvalue weighted by Gasteiger charge is 2.09. The van der Waals surface area contributed by atoms with Gasteiger partial charge in [0.15, 0.2) is 0 Å². The zero-order valence-corrected chi connectivity index (χ0v) is 12.5. The quantitative estimate of drug-likeness (QED) is 0.856. The molecule has 1 unspecified atom stereocenters. The van der Waals surface area contributed by atoms with Crippen LogP contribution in [0.1, 0.15) is 42.4 Å². The number of hydrogen-bond donors (Lipinski definition) is 2. The third-order valence-corrected chi connectivity index (χ3v) is 3.54. The maximum Gasteiger partial charge on any atom is 0.251 e. The molecule has 2 rings (SSSR count). The Labute approximate surface area is 123 Å². The number of carbonyl (C=O) groups is 1. The number of amides is 1. The molecular weight excluding hydrogens is 270 g/mol. The van der Waals surface area contributed by atoms with Gasteiger partial charge in [0, 0.05) is 23.2 Å². The fourth-order valence-corrected chi connectivity index (χ4v) is 2.50. The van der Waals surface area contributed by atoms with Crippen LogP contribution in [-0.4, -0.2) is 17.4 Å². The van der Waals surface area contributed by atoms with Crippen molar-refractivity contribution >= 4 is 22.9 Å². The molecule has 1 atom stereocenters. The normalized spacial score (nSPS) is 11.9. The Bertz CT molecular complexity index is 554. The second kappa shape index (κ2) is 7.05. The maximum absolute atomic E-state index is 11.9. The van der Waals surface area contributed by atoms with Gasteiger partial charge < -0.3 is 10.6 Å². The second-order valence-electron chi connectivity index (χ2n) is 4.62. The summed E-state index contributed by atoms with van der Waals surface area (Å²) in [5, 5.41) is 8.26. The Morgan fingerprint density at radius 1 is 1.45 bits per heavy atom. The van der Waals surface area contributed by atoms with Crippen LogP contribution in [0, 0.1) is 0 Å². The average molecular weight is 289 g/mol. The molecule has 1 aromatic carbocycles. The summed E-state index contributed by atoms with van der Waals surface area (Å²) in [7, 11) is 0. The van der Waals surface area contributed by atoms with Crippen molar-refractivity contribution in [2.75, 3.05) is 11.9 Å². The first-order chi connectivity index (χ1) is 9.70. The predicted octanol–water partition coefficient (Wildman–Crippen LogP) is 3.46. The van der Waals surface area contributed by atoms with Crippen molar-refractivity contribution in [3.05, 3.63) is 46.4 Å². The molecule has 0 spiro atoms. The smallest absolute Gasteiger partial charge is 0.251 e. The first-order valence-corrected chi connectivity index (χ1v) is 7.68. The zero-order chi connectivity index (χ0) is 14.4. The molecule has 2 N–H and O–H groups in total. The molecule has 0 saturated carbocycles. The van der Waals surface area contributed by atoms with Crippen molar-refractivity contribution in [1.29, 1.82) is 0 Å². The van der Waals surface area contributed by atoms with Gasteiger partial charge in [0.05, 0.1) is 17.2 Å². The van der Waals surface area contributed by atoms with Crippen LogP contribution in [0.3, 0.4) is 0 Å². The van der Waals surface area contributed by atoms with E-state index in [0.29, 0.717) is 12.1 Å². The third kappa shape index (κ3) is 3.81. The van der Waals surface area contributed by atoms with Crippen LogP contribution in [0.2, 0.25) is 0 Å². The van der Waals surface area contributed by atoms with E-state index in [0.717, 1.165) is 17.8 Å². The third-order valence-electron chi connectivity index (χ3n) is 2.94. The summed E-state index contributed by atoms with van der Waals surface area (Å²) in [4.78, 5) is 16.2. The summed E-state index contributed by atoms with van der Waals surface area (Å²) >= 11 is 1.58. The van der Waals surface area contributed by atoms with E-state index in [1.165, 1.54) is 0 Å². The monoisotopic (exact) mass is 289 g/mol. The van der Waals surface area contributed by atoms with Gasteiger partial charge in [-0.25, -0.2) is 4.98 Å². The van der Waals surface area contributed by atoms with Crippen LogP contribution in [0.25, 0.3) is 0 Å². The van der Waals surface area contributed by atoms with E-state index in [1.807, 2.05) is 42.1 Å². The fraction of sp³-hybridized carbons (Fsp3) is 0.333. The molecule has 106 valence electrons. The highest BCUT2D eigenvalue weighted by atomic mass is 32.1. The van der Waals surface area contributed by atoms with Gasteiger partial charge in [-0.2, -0.15) is 0 Å². The van der Waals surface area contributed by atoms with E-state index in [1.54, 1.807) is 11.3 Å². The summed E-state index contributed by atoms with van der Waals surface area (Å²) in [5.74, 6) is -0.0307. The van der Waals surface area contributed by atoms with E-state index in [-0.39, 0.29) is 11.9 Å². The molecule has 4 nitrogen and oxygen atoms in total. The molecule has 20 heavy (non-hydrogen) atoms. The number of carbonyl (C=O) groups excluding carboxylic acids is 1. The van der Waals surface area contributed by atoms with Crippen LogP contribution in [0.4, 0.5) is 5.69 Å². The van der Waals surface area contributed by atoms with Crippen LogP contribution in [0.15, 0.2) is 35.2 Å². The molecule has 1 amide bonds. The van der Waals surface area contributed by atoms with Crippen molar-refractivity contribution in [2.45, 2.75) is 26.3 Å². The summed E-state index contributed by atoms with van der Waals surface area (Å²) < 4.78 is 0. The minimum atomic E-state index is -0.0307. The number of nitrogens with one attached hydrogen (secondary N) is 2. The van der Waals surface area contributed by atoms with Gasteiger partial charge >= 0.3 is 0 Å². The lowest BCUT2D eigenvalue weighted by molar-refractivity contribution is 0.0953. The Hall–Kier alpha value is -1.88. The van der Waals surface area contributed by atoms with Gasteiger partial charge in [-0.05, 0) is 31.5 Å². The van der Waals surface area contributed by atoms with E-state index >= 15 is 0 Å². The largest absolute Gasteiger partial charge is 0.377 e.